The minimum absolute atomic E-state index is 0.241. The van der Waals surface area contributed by atoms with E-state index in [2.05, 4.69) is 0 Å². The van der Waals surface area contributed by atoms with E-state index in [0.29, 0.717) is 0 Å². The molecular formula is C12H14O2. The summed E-state index contributed by atoms with van der Waals surface area (Å²) in [6.45, 7) is 1.96. The highest BCUT2D eigenvalue weighted by atomic mass is 16.5. The van der Waals surface area contributed by atoms with Crippen molar-refractivity contribution in [3.63, 3.8) is 0 Å². The van der Waals surface area contributed by atoms with Crippen molar-refractivity contribution < 1.29 is 9.53 Å². The van der Waals surface area contributed by atoms with Crippen LogP contribution in [0.25, 0.3) is 0 Å². The van der Waals surface area contributed by atoms with Gasteiger partial charge in [0.05, 0.1) is 12.7 Å². The normalized spacial score (nSPS) is 15.3. The maximum absolute atomic E-state index is 11.9. The first-order valence-electron chi connectivity index (χ1n) is 4.92. The Hall–Kier alpha value is -1.31. The van der Waals surface area contributed by atoms with Gasteiger partial charge in [-0.05, 0) is 31.4 Å². The van der Waals surface area contributed by atoms with Crippen LogP contribution in [0.3, 0.4) is 0 Å². The van der Waals surface area contributed by atoms with Gasteiger partial charge in [-0.3, -0.25) is 4.79 Å². The average molecular weight is 190 g/mol. The molecule has 0 atom stereocenters. The zero-order valence-electron chi connectivity index (χ0n) is 8.54. The molecule has 0 heterocycles. The molecule has 2 rings (SSSR count). The van der Waals surface area contributed by atoms with Crippen molar-refractivity contribution in [1.29, 1.82) is 0 Å². The maximum atomic E-state index is 11.9. The fraction of sp³-hybridized carbons (Fsp3) is 0.417. The Morgan fingerprint density at radius 3 is 2.71 bits per heavy atom. The van der Waals surface area contributed by atoms with Crippen LogP contribution in [0.5, 0.6) is 5.75 Å². The Kier molecular flexibility index (Phi) is 2.28. The molecule has 74 valence electrons. The number of Topliss-reactive ketones (excluding diaryl/α,β-unsaturated/α-hetero) is 1. The van der Waals surface area contributed by atoms with Gasteiger partial charge in [-0.25, -0.2) is 0 Å². The van der Waals surface area contributed by atoms with Crippen molar-refractivity contribution in [2.45, 2.75) is 19.8 Å². The van der Waals surface area contributed by atoms with Crippen molar-refractivity contribution in [2.75, 3.05) is 7.11 Å². The molecule has 2 nitrogen and oxygen atoms in total. The topological polar surface area (TPSA) is 26.3 Å². The molecule has 0 bridgehead atoms. The summed E-state index contributed by atoms with van der Waals surface area (Å²) in [6.07, 6.45) is 2.08. The molecule has 2 heteroatoms. The van der Waals surface area contributed by atoms with E-state index in [-0.39, 0.29) is 11.7 Å². The van der Waals surface area contributed by atoms with Crippen LogP contribution in [0.4, 0.5) is 0 Å². The van der Waals surface area contributed by atoms with Crippen molar-refractivity contribution in [3.05, 3.63) is 29.3 Å². The van der Waals surface area contributed by atoms with Crippen LogP contribution in [-0.4, -0.2) is 12.9 Å². The number of ketones is 1. The van der Waals surface area contributed by atoms with Crippen LogP contribution in [-0.2, 0) is 0 Å². The highest BCUT2D eigenvalue weighted by Crippen LogP contribution is 2.36. The van der Waals surface area contributed by atoms with Gasteiger partial charge >= 0.3 is 0 Å². The lowest BCUT2D eigenvalue weighted by atomic mass is 10.0. The summed E-state index contributed by atoms with van der Waals surface area (Å²) >= 11 is 0. The fourth-order valence-electron chi connectivity index (χ4n) is 1.68. The van der Waals surface area contributed by atoms with Gasteiger partial charge in [-0.15, -0.1) is 0 Å². The minimum atomic E-state index is 0.241. The predicted octanol–water partition coefficient (Wildman–Crippen LogP) is 2.60. The third kappa shape index (κ3) is 1.52. The highest BCUT2D eigenvalue weighted by Gasteiger charge is 2.32. The molecule has 0 radical (unpaired) electrons. The number of carbonyl (C=O) groups is 1. The largest absolute Gasteiger partial charge is 0.496 e. The zero-order valence-corrected chi connectivity index (χ0v) is 8.54. The van der Waals surface area contributed by atoms with Gasteiger partial charge in [-0.2, -0.15) is 0 Å². The van der Waals surface area contributed by atoms with E-state index in [1.807, 2.05) is 25.1 Å². The molecule has 14 heavy (non-hydrogen) atoms. The highest BCUT2D eigenvalue weighted by molar-refractivity contribution is 6.01. The minimum Gasteiger partial charge on any atom is -0.496 e. The summed E-state index contributed by atoms with van der Waals surface area (Å²) in [5.41, 5.74) is 1.77. The number of rotatable bonds is 3. The smallest absolute Gasteiger partial charge is 0.169 e. The molecule has 0 N–H and O–H groups in total. The Labute approximate surface area is 83.9 Å². The lowest BCUT2D eigenvalue weighted by Gasteiger charge is -2.09. The number of hydrogen-bond donors (Lipinski definition) is 0. The van der Waals surface area contributed by atoms with Gasteiger partial charge in [0.2, 0.25) is 0 Å². The molecule has 1 fully saturated rings. The van der Waals surface area contributed by atoms with Crippen LogP contribution in [0.1, 0.15) is 28.8 Å². The number of ether oxygens (including phenoxy) is 1. The standard InChI is InChI=1S/C12H14O2/c1-8-4-3-5-10(12(8)14-2)11(13)9-6-7-9/h3-5,9H,6-7H2,1-2H3. The Bertz CT molecular complexity index is 365. The summed E-state index contributed by atoms with van der Waals surface area (Å²) in [6, 6.07) is 5.72. The van der Waals surface area contributed by atoms with Gasteiger partial charge in [0.1, 0.15) is 5.75 Å². The van der Waals surface area contributed by atoms with Gasteiger partial charge < -0.3 is 4.74 Å². The first-order valence-corrected chi connectivity index (χ1v) is 4.92. The van der Waals surface area contributed by atoms with Crippen molar-refractivity contribution in [2.24, 2.45) is 5.92 Å². The van der Waals surface area contributed by atoms with Crippen molar-refractivity contribution >= 4 is 5.78 Å². The summed E-state index contributed by atoms with van der Waals surface area (Å²) in [7, 11) is 1.62. The van der Waals surface area contributed by atoms with E-state index in [1.54, 1.807) is 7.11 Å². The van der Waals surface area contributed by atoms with Crippen LogP contribution in [0.2, 0.25) is 0 Å². The Morgan fingerprint density at radius 1 is 1.43 bits per heavy atom. The molecule has 0 saturated heterocycles. The Balaban J connectivity index is 2.40. The van der Waals surface area contributed by atoms with Gasteiger partial charge in [0.15, 0.2) is 5.78 Å². The van der Waals surface area contributed by atoms with Gasteiger partial charge in [0.25, 0.3) is 0 Å². The van der Waals surface area contributed by atoms with E-state index in [1.165, 1.54) is 0 Å². The first kappa shape index (κ1) is 9.25. The predicted molar refractivity (Wildman–Crippen MR) is 54.8 cm³/mol. The SMILES string of the molecule is COc1c(C)cccc1C(=O)C1CC1. The molecule has 0 unspecified atom stereocenters. The number of methoxy groups -OCH3 is 1. The van der Waals surface area contributed by atoms with E-state index < -0.39 is 0 Å². The van der Waals surface area contributed by atoms with Gasteiger partial charge in [-0.1, -0.05) is 12.1 Å². The summed E-state index contributed by atoms with van der Waals surface area (Å²) in [5, 5.41) is 0. The van der Waals surface area contributed by atoms with E-state index in [9.17, 15) is 4.79 Å². The molecule has 1 aromatic rings. The third-order valence-electron chi connectivity index (χ3n) is 2.63. The molecule has 0 amide bonds. The Morgan fingerprint density at radius 2 is 2.14 bits per heavy atom. The number of para-hydroxylation sites is 1. The zero-order chi connectivity index (χ0) is 10.1. The van der Waals surface area contributed by atoms with Crippen molar-refractivity contribution in [1.82, 2.24) is 0 Å². The molecule has 0 aromatic heterocycles. The average Bonchev–Trinajstić information content (AvgIpc) is 2.99. The molecule has 1 aromatic carbocycles. The summed E-state index contributed by atoms with van der Waals surface area (Å²) < 4.78 is 5.25. The summed E-state index contributed by atoms with van der Waals surface area (Å²) in [5.74, 6) is 1.24. The van der Waals surface area contributed by atoms with E-state index in [4.69, 9.17) is 4.74 Å². The lowest BCUT2D eigenvalue weighted by Crippen LogP contribution is -2.04. The van der Waals surface area contributed by atoms with E-state index in [0.717, 1.165) is 29.7 Å². The molecule has 1 aliphatic rings. The second-order valence-corrected chi connectivity index (χ2v) is 3.79. The molecule has 1 aliphatic carbocycles. The number of carbonyl (C=O) groups excluding carboxylic acids is 1. The van der Waals surface area contributed by atoms with Crippen LogP contribution in [0.15, 0.2) is 18.2 Å². The molecule has 0 aliphatic heterocycles. The number of aryl methyl sites for hydroxylation is 1. The first-order chi connectivity index (χ1) is 6.74. The quantitative estimate of drug-likeness (QED) is 0.685. The second-order valence-electron chi connectivity index (χ2n) is 3.79. The molecule has 0 spiro atoms. The lowest BCUT2D eigenvalue weighted by molar-refractivity contribution is 0.0964. The van der Waals surface area contributed by atoms with Crippen molar-refractivity contribution in [3.8, 4) is 5.75 Å². The summed E-state index contributed by atoms with van der Waals surface area (Å²) in [4.78, 5) is 11.9. The van der Waals surface area contributed by atoms with Crippen LogP contribution >= 0.6 is 0 Å². The van der Waals surface area contributed by atoms with E-state index >= 15 is 0 Å². The van der Waals surface area contributed by atoms with Crippen LogP contribution < -0.4 is 4.74 Å². The maximum Gasteiger partial charge on any atom is 0.169 e. The number of benzene rings is 1. The van der Waals surface area contributed by atoms with Gasteiger partial charge in [0, 0.05) is 5.92 Å². The fourth-order valence-corrected chi connectivity index (χ4v) is 1.68. The third-order valence-corrected chi connectivity index (χ3v) is 2.63. The molecular weight excluding hydrogens is 176 g/mol. The molecule has 1 saturated carbocycles. The monoisotopic (exact) mass is 190 g/mol. The van der Waals surface area contributed by atoms with Crippen LogP contribution in [0, 0.1) is 12.8 Å². The number of hydrogen-bond acceptors (Lipinski definition) is 2. The second kappa shape index (κ2) is 3.45.